The average molecular weight is 368 g/mol. The number of carbonyl (C=O) groups excluding carboxylic acids is 2. The molecule has 1 aliphatic heterocycles. The van der Waals surface area contributed by atoms with Gasteiger partial charge in [-0.2, -0.15) is 0 Å². The number of hydrogen-bond donors (Lipinski definition) is 2. The van der Waals surface area contributed by atoms with Gasteiger partial charge in [-0.25, -0.2) is 0 Å². The van der Waals surface area contributed by atoms with Crippen LogP contribution in [0.4, 0.5) is 5.69 Å². The van der Waals surface area contributed by atoms with Gasteiger partial charge in [0, 0.05) is 24.5 Å². The summed E-state index contributed by atoms with van der Waals surface area (Å²) in [4.78, 5) is 26.7. The average Bonchev–Trinajstić information content (AvgIpc) is 2.96. The maximum absolute atomic E-state index is 12.7. The summed E-state index contributed by atoms with van der Waals surface area (Å²) in [6, 6.07) is 5.09. The Morgan fingerprint density at radius 2 is 2.20 bits per heavy atom. The van der Waals surface area contributed by atoms with Crippen molar-refractivity contribution in [3.05, 3.63) is 23.2 Å². The van der Waals surface area contributed by atoms with Crippen molar-refractivity contribution in [2.24, 2.45) is 17.6 Å². The van der Waals surface area contributed by atoms with Crippen LogP contribution in [0.5, 0.6) is 5.75 Å². The maximum Gasteiger partial charge on any atom is 0.227 e. The highest BCUT2D eigenvalue weighted by molar-refractivity contribution is 6.31. The van der Waals surface area contributed by atoms with Gasteiger partial charge < -0.3 is 20.7 Å². The van der Waals surface area contributed by atoms with Crippen molar-refractivity contribution in [3.8, 4) is 5.75 Å². The molecule has 138 valence electrons. The van der Waals surface area contributed by atoms with Crippen LogP contribution < -0.4 is 20.7 Å². The molecular weight excluding hydrogens is 342 g/mol. The Bertz CT molecular complexity index is 665. The molecule has 7 heteroatoms. The summed E-state index contributed by atoms with van der Waals surface area (Å²) < 4.78 is 5.32. The predicted molar refractivity (Wildman–Crippen MR) is 98.9 cm³/mol. The zero-order valence-corrected chi connectivity index (χ0v) is 15.9. The molecular formula is C18H26ClN3O3. The highest BCUT2D eigenvalue weighted by Crippen LogP contribution is 2.35. The van der Waals surface area contributed by atoms with Gasteiger partial charge in [0.05, 0.1) is 24.3 Å². The van der Waals surface area contributed by atoms with Gasteiger partial charge in [-0.05, 0) is 31.0 Å². The molecule has 0 radical (unpaired) electrons. The van der Waals surface area contributed by atoms with Gasteiger partial charge in [0.1, 0.15) is 5.75 Å². The van der Waals surface area contributed by atoms with E-state index in [9.17, 15) is 9.59 Å². The Kier molecular flexibility index (Phi) is 5.95. The van der Waals surface area contributed by atoms with Gasteiger partial charge in [-0.1, -0.05) is 25.4 Å². The quantitative estimate of drug-likeness (QED) is 0.807. The van der Waals surface area contributed by atoms with E-state index in [0.29, 0.717) is 29.5 Å². The standard InChI is InChI=1S/C18H26ClN3O3/c1-11(2)18(3,10-20)21-17(24)12-7-16(23)22(9-12)14-8-13(19)5-6-15(14)25-4/h5-6,8,11-12H,7,9-10,20H2,1-4H3,(H,21,24). The Labute approximate surface area is 153 Å². The molecule has 0 aliphatic carbocycles. The highest BCUT2D eigenvalue weighted by Gasteiger charge is 2.39. The van der Waals surface area contributed by atoms with E-state index >= 15 is 0 Å². The van der Waals surface area contributed by atoms with E-state index in [2.05, 4.69) is 5.32 Å². The summed E-state index contributed by atoms with van der Waals surface area (Å²) in [5, 5.41) is 3.52. The number of nitrogens with one attached hydrogen (secondary N) is 1. The second-order valence-corrected chi connectivity index (χ2v) is 7.42. The summed E-state index contributed by atoms with van der Waals surface area (Å²) in [6.45, 7) is 6.57. The van der Waals surface area contributed by atoms with Gasteiger partial charge in [0.2, 0.25) is 11.8 Å². The number of methoxy groups -OCH3 is 1. The van der Waals surface area contributed by atoms with Crippen LogP contribution in [0, 0.1) is 11.8 Å². The van der Waals surface area contributed by atoms with E-state index in [-0.39, 0.29) is 24.2 Å². The van der Waals surface area contributed by atoms with Crippen LogP contribution in [0.15, 0.2) is 18.2 Å². The zero-order chi connectivity index (χ0) is 18.8. The molecule has 2 unspecified atom stereocenters. The first-order chi connectivity index (χ1) is 11.7. The SMILES string of the molecule is COc1ccc(Cl)cc1N1CC(C(=O)NC(C)(CN)C(C)C)CC1=O. The number of ether oxygens (including phenoxy) is 1. The molecule has 1 aliphatic rings. The number of hydrogen-bond acceptors (Lipinski definition) is 4. The third kappa shape index (κ3) is 4.07. The lowest BCUT2D eigenvalue weighted by Gasteiger charge is -2.34. The van der Waals surface area contributed by atoms with Gasteiger partial charge in [0.25, 0.3) is 0 Å². The van der Waals surface area contributed by atoms with E-state index in [1.54, 1.807) is 23.1 Å². The van der Waals surface area contributed by atoms with Gasteiger partial charge in [-0.15, -0.1) is 0 Å². The minimum atomic E-state index is -0.499. The Morgan fingerprint density at radius 1 is 1.52 bits per heavy atom. The number of rotatable bonds is 6. The molecule has 25 heavy (non-hydrogen) atoms. The Hall–Kier alpha value is -1.79. The molecule has 1 saturated heterocycles. The van der Waals surface area contributed by atoms with Crippen LogP contribution in [-0.4, -0.2) is 37.6 Å². The number of carbonyl (C=O) groups is 2. The summed E-state index contributed by atoms with van der Waals surface area (Å²) >= 11 is 6.05. The van der Waals surface area contributed by atoms with Crippen molar-refractivity contribution in [1.29, 1.82) is 0 Å². The molecule has 0 spiro atoms. The summed E-state index contributed by atoms with van der Waals surface area (Å²) in [5.74, 6) is 0.0227. The number of halogens is 1. The number of benzene rings is 1. The zero-order valence-electron chi connectivity index (χ0n) is 15.1. The second kappa shape index (κ2) is 7.62. The van der Waals surface area contributed by atoms with Crippen molar-refractivity contribution < 1.29 is 14.3 Å². The first-order valence-corrected chi connectivity index (χ1v) is 8.75. The van der Waals surface area contributed by atoms with E-state index in [1.165, 1.54) is 7.11 Å². The molecule has 2 amide bonds. The van der Waals surface area contributed by atoms with Crippen molar-refractivity contribution >= 4 is 29.1 Å². The van der Waals surface area contributed by atoms with E-state index in [1.807, 2.05) is 20.8 Å². The third-order valence-corrected chi connectivity index (χ3v) is 5.27. The fraction of sp³-hybridized carbons (Fsp3) is 0.556. The number of amides is 2. The topological polar surface area (TPSA) is 84.7 Å². The molecule has 6 nitrogen and oxygen atoms in total. The molecule has 1 aromatic rings. The van der Waals surface area contributed by atoms with Crippen LogP contribution in [0.1, 0.15) is 27.2 Å². The highest BCUT2D eigenvalue weighted by atomic mass is 35.5. The van der Waals surface area contributed by atoms with Crippen molar-refractivity contribution in [2.75, 3.05) is 25.1 Å². The molecule has 0 bridgehead atoms. The lowest BCUT2D eigenvalue weighted by Crippen LogP contribution is -2.56. The van der Waals surface area contributed by atoms with Crippen LogP contribution in [0.2, 0.25) is 5.02 Å². The van der Waals surface area contributed by atoms with Crippen molar-refractivity contribution in [3.63, 3.8) is 0 Å². The van der Waals surface area contributed by atoms with E-state index < -0.39 is 11.5 Å². The van der Waals surface area contributed by atoms with E-state index in [0.717, 1.165) is 0 Å². The monoisotopic (exact) mass is 367 g/mol. The van der Waals surface area contributed by atoms with Crippen LogP contribution >= 0.6 is 11.6 Å². The summed E-state index contributed by atoms with van der Waals surface area (Å²) in [6.07, 6.45) is 0.153. The molecule has 3 N–H and O–H groups in total. The van der Waals surface area contributed by atoms with Crippen molar-refractivity contribution in [2.45, 2.75) is 32.7 Å². The molecule has 1 aromatic carbocycles. The molecule has 0 saturated carbocycles. The first kappa shape index (κ1) is 19.5. The smallest absolute Gasteiger partial charge is 0.227 e. The number of nitrogens with two attached hydrogens (primary N) is 1. The molecule has 1 fully saturated rings. The predicted octanol–water partition coefficient (Wildman–Crippen LogP) is 2.19. The lowest BCUT2D eigenvalue weighted by molar-refractivity contribution is -0.128. The second-order valence-electron chi connectivity index (χ2n) is 6.99. The minimum Gasteiger partial charge on any atom is -0.495 e. The summed E-state index contributed by atoms with van der Waals surface area (Å²) in [7, 11) is 1.53. The Balaban J connectivity index is 2.18. The molecule has 1 heterocycles. The Morgan fingerprint density at radius 3 is 2.76 bits per heavy atom. The fourth-order valence-electron chi connectivity index (χ4n) is 2.80. The maximum atomic E-state index is 12.7. The third-order valence-electron chi connectivity index (χ3n) is 5.03. The largest absolute Gasteiger partial charge is 0.495 e. The van der Waals surface area contributed by atoms with Crippen LogP contribution in [0.3, 0.4) is 0 Å². The molecule has 2 rings (SSSR count). The fourth-order valence-corrected chi connectivity index (χ4v) is 2.97. The molecule has 2 atom stereocenters. The number of nitrogens with zero attached hydrogens (tertiary/aromatic N) is 1. The summed E-state index contributed by atoms with van der Waals surface area (Å²) in [5.41, 5.74) is 5.92. The first-order valence-electron chi connectivity index (χ1n) is 8.37. The minimum absolute atomic E-state index is 0.125. The van der Waals surface area contributed by atoms with Crippen LogP contribution in [-0.2, 0) is 9.59 Å². The normalized spacial score (nSPS) is 19.9. The number of anilines is 1. The van der Waals surface area contributed by atoms with E-state index in [4.69, 9.17) is 22.1 Å². The van der Waals surface area contributed by atoms with Crippen molar-refractivity contribution in [1.82, 2.24) is 5.32 Å². The lowest BCUT2D eigenvalue weighted by atomic mass is 9.87. The van der Waals surface area contributed by atoms with Gasteiger partial charge in [0.15, 0.2) is 0 Å². The van der Waals surface area contributed by atoms with Gasteiger partial charge in [-0.3, -0.25) is 9.59 Å². The van der Waals surface area contributed by atoms with Crippen LogP contribution in [0.25, 0.3) is 0 Å². The van der Waals surface area contributed by atoms with Gasteiger partial charge >= 0.3 is 0 Å². The molecule has 0 aromatic heterocycles.